The molecule has 39 heavy (non-hydrogen) atoms. The highest BCUT2D eigenvalue weighted by molar-refractivity contribution is 6.32. The molecular weight excluding hydrogens is 506 g/mol. The SMILES string of the molecule is CCCCc1ccc(Nc2ccc(N(C=[N+](C)C)c3ccccc3)c3c2C(=O)c2ccccc2C3=O)cc1.[Cl-]. The van der Waals surface area contributed by atoms with Crippen molar-refractivity contribution in [2.45, 2.75) is 26.2 Å². The van der Waals surface area contributed by atoms with Gasteiger partial charge < -0.3 is 17.7 Å². The number of nitrogens with zero attached hydrogens (tertiary/aromatic N) is 2. The molecular formula is C33H32ClN3O2. The molecule has 0 spiro atoms. The third-order valence-electron chi connectivity index (χ3n) is 6.75. The summed E-state index contributed by atoms with van der Waals surface area (Å²) in [6, 6.07) is 29.0. The highest BCUT2D eigenvalue weighted by Gasteiger charge is 2.37. The number of aryl methyl sites for hydroxylation is 1. The van der Waals surface area contributed by atoms with Gasteiger partial charge in [-0.25, -0.2) is 0 Å². The Morgan fingerprint density at radius 3 is 2.00 bits per heavy atom. The molecule has 0 aliphatic heterocycles. The van der Waals surface area contributed by atoms with E-state index in [0.29, 0.717) is 33.6 Å². The van der Waals surface area contributed by atoms with E-state index in [1.165, 1.54) is 5.56 Å². The number of ketones is 2. The molecule has 0 amide bonds. The number of nitrogens with one attached hydrogen (secondary N) is 1. The number of hydrogen-bond donors (Lipinski definition) is 1. The molecule has 1 aliphatic carbocycles. The Morgan fingerprint density at radius 2 is 1.38 bits per heavy atom. The lowest BCUT2D eigenvalue weighted by Crippen LogP contribution is -3.00. The Balaban J connectivity index is 0.00000353. The van der Waals surface area contributed by atoms with Crippen molar-refractivity contribution in [1.29, 1.82) is 0 Å². The van der Waals surface area contributed by atoms with Gasteiger partial charge in [0, 0.05) is 16.8 Å². The minimum Gasteiger partial charge on any atom is -1.00 e. The average Bonchev–Trinajstić information content (AvgIpc) is 2.94. The number of halogens is 1. The quantitative estimate of drug-likeness (QED) is 0.185. The van der Waals surface area contributed by atoms with Crippen LogP contribution in [-0.4, -0.2) is 36.6 Å². The first-order valence-electron chi connectivity index (χ1n) is 13.0. The summed E-state index contributed by atoms with van der Waals surface area (Å²) in [6.45, 7) is 2.19. The number of carbonyl (C=O) groups is 2. The molecule has 0 saturated carbocycles. The summed E-state index contributed by atoms with van der Waals surface area (Å²) in [6.07, 6.45) is 5.27. The van der Waals surface area contributed by atoms with Crippen LogP contribution in [0.2, 0.25) is 0 Å². The van der Waals surface area contributed by atoms with Gasteiger partial charge in [-0.3, -0.25) is 14.2 Å². The molecule has 0 heterocycles. The Bertz CT molecular complexity index is 1520. The van der Waals surface area contributed by atoms with Gasteiger partial charge in [-0.15, -0.1) is 0 Å². The molecule has 0 aromatic heterocycles. The molecule has 5 rings (SSSR count). The van der Waals surface area contributed by atoms with E-state index < -0.39 is 0 Å². The minimum atomic E-state index is -0.156. The van der Waals surface area contributed by atoms with Gasteiger partial charge >= 0.3 is 0 Å². The van der Waals surface area contributed by atoms with Crippen LogP contribution in [0.4, 0.5) is 22.7 Å². The van der Waals surface area contributed by atoms with Crippen molar-refractivity contribution in [2.24, 2.45) is 0 Å². The molecule has 198 valence electrons. The molecule has 5 nitrogen and oxygen atoms in total. The van der Waals surface area contributed by atoms with E-state index in [2.05, 4.69) is 24.4 Å². The highest BCUT2D eigenvalue weighted by atomic mass is 35.5. The van der Waals surface area contributed by atoms with Crippen LogP contribution in [-0.2, 0) is 6.42 Å². The van der Waals surface area contributed by atoms with Crippen molar-refractivity contribution in [3.63, 3.8) is 0 Å². The van der Waals surface area contributed by atoms with Crippen molar-refractivity contribution in [3.8, 4) is 0 Å². The molecule has 1 aliphatic rings. The molecule has 0 fully saturated rings. The third-order valence-corrected chi connectivity index (χ3v) is 6.75. The second-order valence-corrected chi connectivity index (χ2v) is 9.80. The third kappa shape index (κ3) is 5.64. The van der Waals surface area contributed by atoms with Crippen LogP contribution in [0.5, 0.6) is 0 Å². The maximum atomic E-state index is 14.0. The fraction of sp³-hybridized carbons (Fsp3) is 0.182. The maximum Gasteiger partial charge on any atom is 0.244 e. The van der Waals surface area contributed by atoms with Gasteiger partial charge in [0.1, 0.15) is 11.4 Å². The van der Waals surface area contributed by atoms with Crippen LogP contribution < -0.4 is 22.6 Å². The molecule has 1 N–H and O–H groups in total. The standard InChI is InChI=1S/C33H31N3O2.ClH/c1-4-5-11-23-16-18-24(19-17-23)34-28-20-21-29(36(22-35(2)3)25-12-7-6-8-13-25)31-30(28)32(37)26-14-9-10-15-27(26)33(31)38;/h6-10,12-22H,4-5,11H2,1-3H3;1H. The van der Waals surface area contributed by atoms with Crippen molar-refractivity contribution in [1.82, 2.24) is 0 Å². The van der Waals surface area contributed by atoms with Crippen LogP contribution in [0, 0.1) is 0 Å². The van der Waals surface area contributed by atoms with E-state index >= 15 is 0 Å². The molecule has 0 bridgehead atoms. The van der Waals surface area contributed by atoms with Crippen LogP contribution in [0.25, 0.3) is 0 Å². The van der Waals surface area contributed by atoms with Gasteiger partial charge in [-0.2, -0.15) is 4.90 Å². The summed E-state index contributed by atoms with van der Waals surface area (Å²) >= 11 is 0. The molecule has 4 aromatic carbocycles. The monoisotopic (exact) mass is 537 g/mol. The summed E-state index contributed by atoms with van der Waals surface area (Å²) in [5, 5.41) is 3.43. The lowest BCUT2D eigenvalue weighted by Gasteiger charge is -2.25. The lowest BCUT2D eigenvalue weighted by atomic mass is 9.82. The minimum absolute atomic E-state index is 0. The zero-order chi connectivity index (χ0) is 26.6. The summed E-state index contributed by atoms with van der Waals surface area (Å²) in [5.74, 6) is -0.311. The van der Waals surface area contributed by atoms with Gasteiger partial charge in [-0.1, -0.05) is 67.9 Å². The number of carbonyl (C=O) groups excluding carboxylic acids is 2. The van der Waals surface area contributed by atoms with E-state index in [1.54, 1.807) is 24.3 Å². The van der Waals surface area contributed by atoms with Crippen LogP contribution in [0.1, 0.15) is 57.2 Å². The number of fused-ring (bicyclic) bond motifs is 2. The van der Waals surface area contributed by atoms with Crippen LogP contribution in [0.15, 0.2) is 91.0 Å². The molecule has 0 atom stereocenters. The number of hydrogen-bond acceptors (Lipinski definition) is 3. The van der Waals surface area contributed by atoms with Gasteiger partial charge in [-0.05, 0) is 54.8 Å². The normalized spacial score (nSPS) is 11.7. The zero-order valence-electron chi connectivity index (χ0n) is 22.4. The van der Waals surface area contributed by atoms with Gasteiger partial charge in [0.25, 0.3) is 0 Å². The number of anilines is 4. The van der Waals surface area contributed by atoms with Crippen LogP contribution in [0.3, 0.4) is 0 Å². The first kappa shape index (κ1) is 27.8. The van der Waals surface area contributed by atoms with Crippen molar-refractivity contribution in [3.05, 3.63) is 119 Å². The second kappa shape index (κ2) is 12.1. The van der Waals surface area contributed by atoms with Gasteiger partial charge in [0.2, 0.25) is 6.34 Å². The second-order valence-electron chi connectivity index (χ2n) is 9.80. The van der Waals surface area contributed by atoms with E-state index in [9.17, 15) is 9.59 Å². The molecule has 0 unspecified atom stereocenters. The summed E-state index contributed by atoms with van der Waals surface area (Å²) in [4.78, 5) is 29.9. The number of rotatable bonds is 8. The number of para-hydroxylation sites is 1. The smallest absolute Gasteiger partial charge is 0.244 e. The highest BCUT2D eigenvalue weighted by Crippen LogP contribution is 2.40. The number of benzene rings is 4. The largest absolute Gasteiger partial charge is 1.00 e. The van der Waals surface area contributed by atoms with Crippen molar-refractivity contribution in [2.75, 3.05) is 24.3 Å². The summed E-state index contributed by atoms with van der Waals surface area (Å²) < 4.78 is 1.93. The first-order valence-corrected chi connectivity index (χ1v) is 13.0. The fourth-order valence-corrected chi connectivity index (χ4v) is 4.89. The fourth-order valence-electron chi connectivity index (χ4n) is 4.89. The van der Waals surface area contributed by atoms with Gasteiger partial charge in [0.05, 0.1) is 30.9 Å². The van der Waals surface area contributed by atoms with Crippen molar-refractivity contribution < 1.29 is 26.6 Å². The summed E-state index contributed by atoms with van der Waals surface area (Å²) in [5.41, 5.74) is 6.00. The average molecular weight is 538 g/mol. The summed E-state index contributed by atoms with van der Waals surface area (Å²) in [7, 11) is 3.87. The van der Waals surface area contributed by atoms with E-state index in [-0.39, 0.29) is 24.0 Å². The van der Waals surface area contributed by atoms with Gasteiger partial charge in [0.15, 0.2) is 11.6 Å². The first-order chi connectivity index (χ1) is 18.5. The molecule has 4 aromatic rings. The molecule has 6 heteroatoms. The predicted molar refractivity (Wildman–Crippen MR) is 155 cm³/mol. The van der Waals surface area contributed by atoms with E-state index in [4.69, 9.17) is 0 Å². The Hall–Kier alpha value is -4.22. The Labute approximate surface area is 236 Å². The van der Waals surface area contributed by atoms with E-state index in [1.807, 2.05) is 84.5 Å². The van der Waals surface area contributed by atoms with Crippen molar-refractivity contribution >= 4 is 40.7 Å². The topological polar surface area (TPSA) is 52.4 Å². The predicted octanol–water partition coefficient (Wildman–Crippen LogP) is 3.99. The Morgan fingerprint density at radius 1 is 0.769 bits per heavy atom. The zero-order valence-corrected chi connectivity index (χ0v) is 23.2. The molecule has 0 saturated heterocycles. The maximum absolute atomic E-state index is 14.0. The lowest BCUT2D eigenvalue weighted by molar-refractivity contribution is -0.460. The Kier molecular flexibility index (Phi) is 8.62. The van der Waals surface area contributed by atoms with E-state index in [0.717, 1.165) is 30.6 Å². The van der Waals surface area contributed by atoms with Crippen LogP contribution >= 0.6 is 0 Å². The molecule has 0 radical (unpaired) electrons. The number of unbranched alkanes of at least 4 members (excludes halogenated alkanes) is 1.